The van der Waals surface area contributed by atoms with Gasteiger partial charge >= 0.3 is 0 Å². The van der Waals surface area contributed by atoms with Crippen molar-refractivity contribution in [2.75, 3.05) is 32.4 Å². The monoisotopic (exact) mass is 378 g/mol. The molecule has 0 aliphatic rings. The Bertz CT molecular complexity index is 763. The van der Waals surface area contributed by atoms with Crippen molar-refractivity contribution >= 4 is 23.4 Å². The van der Waals surface area contributed by atoms with Crippen LogP contribution in [0.4, 0.5) is 5.69 Å². The van der Waals surface area contributed by atoms with Crippen LogP contribution in [0.3, 0.4) is 0 Å². The summed E-state index contributed by atoms with van der Waals surface area (Å²) in [6, 6.07) is 5.20. The molecule has 1 N–H and O–H groups in total. The molecule has 2 aromatic rings. The van der Waals surface area contributed by atoms with Gasteiger partial charge in [0, 0.05) is 19.7 Å². The van der Waals surface area contributed by atoms with Crippen LogP contribution in [0.5, 0.6) is 11.5 Å². The zero-order chi connectivity index (χ0) is 18.9. The van der Waals surface area contributed by atoms with Gasteiger partial charge in [0.15, 0.2) is 11.0 Å². The number of hydrogen-bond acceptors (Lipinski definition) is 7. The number of amides is 1. The van der Waals surface area contributed by atoms with Gasteiger partial charge in [-0.25, -0.2) is 0 Å². The smallest absolute Gasteiger partial charge is 0.234 e. The molecule has 0 unspecified atom stereocenters. The van der Waals surface area contributed by atoms with E-state index < -0.39 is 0 Å². The van der Waals surface area contributed by atoms with Crippen molar-refractivity contribution in [2.24, 2.45) is 0 Å². The molecule has 1 aromatic carbocycles. The summed E-state index contributed by atoms with van der Waals surface area (Å²) in [7, 11) is 4.70. The molecule has 0 spiro atoms. The van der Waals surface area contributed by atoms with E-state index in [1.165, 1.54) is 11.8 Å². The molecule has 8 nitrogen and oxygen atoms in total. The number of anilines is 1. The van der Waals surface area contributed by atoms with E-state index in [0.29, 0.717) is 41.3 Å². The van der Waals surface area contributed by atoms with Gasteiger partial charge < -0.3 is 24.1 Å². The van der Waals surface area contributed by atoms with Gasteiger partial charge in [-0.1, -0.05) is 17.8 Å². The molecule has 0 radical (unpaired) electrons. The van der Waals surface area contributed by atoms with Gasteiger partial charge in [-0.15, -0.1) is 16.8 Å². The van der Waals surface area contributed by atoms with Crippen molar-refractivity contribution < 1.29 is 19.0 Å². The molecule has 0 saturated carbocycles. The molecule has 2 rings (SSSR count). The lowest BCUT2D eigenvalue weighted by Crippen LogP contribution is -2.15. The fourth-order valence-electron chi connectivity index (χ4n) is 2.20. The summed E-state index contributed by atoms with van der Waals surface area (Å²) < 4.78 is 17.4. The van der Waals surface area contributed by atoms with Crippen LogP contribution in [-0.4, -0.2) is 47.8 Å². The predicted octanol–water partition coefficient (Wildman–Crippen LogP) is 2.36. The Morgan fingerprint density at radius 1 is 1.31 bits per heavy atom. The van der Waals surface area contributed by atoms with E-state index in [1.54, 1.807) is 45.6 Å². The van der Waals surface area contributed by atoms with Crippen molar-refractivity contribution in [3.8, 4) is 11.5 Å². The maximum absolute atomic E-state index is 12.3. The number of hydrogen-bond donors (Lipinski definition) is 1. The summed E-state index contributed by atoms with van der Waals surface area (Å²) in [5.41, 5.74) is 0.546. The quantitative estimate of drug-likeness (QED) is 0.501. The van der Waals surface area contributed by atoms with Crippen molar-refractivity contribution in [2.45, 2.75) is 18.3 Å². The standard InChI is InChI=1S/C17H22N4O4S/c1-5-8-21-15(10-23-2)19-20-17(21)26-11-16(22)18-13-9-12(24-3)6-7-14(13)25-4/h5-7,9H,1,8,10-11H2,2-4H3,(H,18,22). The molecule has 0 aliphatic carbocycles. The highest BCUT2D eigenvalue weighted by Crippen LogP contribution is 2.29. The topological polar surface area (TPSA) is 87.5 Å². The number of rotatable bonds is 10. The number of nitrogens with zero attached hydrogens (tertiary/aromatic N) is 3. The molecule has 0 saturated heterocycles. The van der Waals surface area contributed by atoms with Crippen LogP contribution in [-0.2, 0) is 22.7 Å². The summed E-state index contributed by atoms with van der Waals surface area (Å²) >= 11 is 1.29. The van der Waals surface area contributed by atoms with E-state index in [4.69, 9.17) is 14.2 Å². The highest BCUT2D eigenvalue weighted by molar-refractivity contribution is 7.99. The average molecular weight is 378 g/mol. The first-order valence-electron chi connectivity index (χ1n) is 7.79. The fourth-order valence-corrected chi connectivity index (χ4v) is 2.97. The highest BCUT2D eigenvalue weighted by atomic mass is 32.2. The number of allylic oxidation sites excluding steroid dienone is 1. The fraction of sp³-hybridized carbons (Fsp3) is 0.353. The second kappa shape index (κ2) is 9.83. The molecular formula is C17H22N4O4S. The van der Waals surface area contributed by atoms with Gasteiger partial charge in [0.2, 0.25) is 5.91 Å². The average Bonchev–Trinajstić information content (AvgIpc) is 3.02. The molecule has 0 aliphatic heterocycles. The molecule has 1 heterocycles. The second-order valence-corrected chi connectivity index (χ2v) is 6.08. The Kier molecular flexibility index (Phi) is 7.49. The van der Waals surface area contributed by atoms with E-state index in [-0.39, 0.29) is 11.7 Å². The van der Waals surface area contributed by atoms with Crippen molar-refractivity contribution in [3.63, 3.8) is 0 Å². The number of ether oxygens (including phenoxy) is 3. The van der Waals surface area contributed by atoms with Gasteiger partial charge in [0.25, 0.3) is 0 Å². The molecule has 1 aromatic heterocycles. The molecule has 0 bridgehead atoms. The van der Waals surface area contributed by atoms with Gasteiger partial charge in [0.05, 0.1) is 25.7 Å². The lowest BCUT2D eigenvalue weighted by molar-refractivity contribution is -0.113. The first-order chi connectivity index (χ1) is 12.6. The number of benzene rings is 1. The van der Waals surface area contributed by atoms with Crippen LogP contribution in [0.15, 0.2) is 36.0 Å². The molecule has 0 fully saturated rings. The van der Waals surface area contributed by atoms with Gasteiger partial charge in [-0.05, 0) is 12.1 Å². The Labute approximate surface area is 156 Å². The van der Waals surface area contributed by atoms with Crippen LogP contribution in [0, 0.1) is 0 Å². The van der Waals surface area contributed by atoms with Gasteiger partial charge in [-0.3, -0.25) is 4.79 Å². The van der Waals surface area contributed by atoms with Crippen LogP contribution in [0.25, 0.3) is 0 Å². The summed E-state index contributed by atoms with van der Waals surface area (Å²) in [5.74, 6) is 1.85. The number of carbonyl (C=O) groups excluding carboxylic acids is 1. The van der Waals surface area contributed by atoms with E-state index in [0.717, 1.165) is 0 Å². The molecule has 1 amide bonds. The van der Waals surface area contributed by atoms with Crippen LogP contribution < -0.4 is 14.8 Å². The van der Waals surface area contributed by atoms with Crippen LogP contribution in [0.1, 0.15) is 5.82 Å². The minimum atomic E-state index is -0.192. The number of carbonyl (C=O) groups is 1. The lowest BCUT2D eigenvalue weighted by Gasteiger charge is -2.12. The van der Waals surface area contributed by atoms with E-state index in [2.05, 4.69) is 22.1 Å². The minimum Gasteiger partial charge on any atom is -0.497 e. The Morgan fingerprint density at radius 3 is 2.77 bits per heavy atom. The van der Waals surface area contributed by atoms with Gasteiger partial charge in [0.1, 0.15) is 18.1 Å². The predicted molar refractivity (Wildman–Crippen MR) is 99.8 cm³/mol. The SMILES string of the molecule is C=CCn1c(COC)nnc1SCC(=O)Nc1cc(OC)ccc1OC. The Balaban J connectivity index is 2.04. The summed E-state index contributed by atoms with van der Waals surface area (Å²) in [6.07, 6.45) is 1.74. The van der Waals surface area contributed by atoms with E-state index in [9.17, 15) is 4.79 Å². The first kappa shape index (κ1) is 19.8. The normalized spacial score (nSPS) is 10.4. The van der Waals surface area contributed by atoms with Gasteiger partial charge in [-0.2, -0.15) is 0 Å². The summed E-state index contributed by atoms with van der Waals surface area (Å²) in [5, 5.41) is 11.7. The third-order valence-electron chi connectivity index (χ3n) is 3.39. The largest absolute Gasteiger partial charge is 0.497 e. The zero-order valence-corrected chi connectivity index (χ0v) is 15.8. The maximum Gasteiger partial charge on any atom is 0.234 e. The third-order valence-corrected chi connectivity index (χ3v) is 4.36. The molecule has 0 atom stereocenters. The minimum absolute atomic E-state index is 0.169. The van der Waals surface area contributed by atoms with Crippen molar-refractivity contribution in [1.29, 1.82) is 0 Å². The zero-order valence-electron chi connectivity index (χ0n) is 15.0. The summed E-state index contributed by atoms with van der Waals surface area (Å²) in [4.78, 5) is 12.3. The maximum atomic E-state index is 12.3. The number of nitrogens with one attached hydrogen (secondary N) is 1. The van der Waals surface area contributed by atoms with Crippen molar-refractivity contribution in [3.05, 3.63) is 36.7 Å². The molecule has 26 heavy (non-hydrogen) atoms. The first-order valence-corrected chi connectivity index (χ1v) is 8.78. The number of thioether (sulfide) groups is 1. The van der Waals surface area contributed by atoms with E-state index in [1.807, 2.05) is 4.57 Å². The van der Waals surface area contributed by atoms with Crippen LogP contribution >= 0.6 is 11.8 Å². The third kappa shape index (κ3) is 4.99. The Morgan fingerprint density at radius 2 is 2.12 bits per heavy atom. The number of methoxy groups -OCH3 is 3. The highest BCUT2D eigenvalue weighted by Gasteiger charge is 2.14. The molecular weight excluding hydrogens is 356 g/mol. The molecule has 140 valence electrons. The molecule has 9 heteroatoms. The van der Waals surface area contributed by atoms with Crippen LogP contribution in [0.2, 0.25) is 0 Å². The summed E-state index contributed by atoms with van der Waals surface area (Å²) in [6.45, 7) is 4.62. The van der Waals surface area contributed by atoms with Crippen molar-refractivity contribution in [1.82, 2.24) is 14.8 Å². The second-order valence-electron chi connectivity index (χ2n) is 5.13. The Hall–Kier alpha value is -2.52. The van der Waals surface area contributed by atoms with E-state index >= 15 is 0 Å². The lowest BCUT2D eigenvalue weighted by atomic mass is 10.2. The number of aromatic nitrogens is 3.